The number of rotatable bonds is 11. The van der Waals surface area contributed by atoms with Crippen LogP contribution in [0.1, 0.15) is 61.8 Å². The quantitative estimate of drug-likeness (QED) is 0.247. The summed E-state index contributed by atoms with van der Waals surface area (Å²) < 4.78 is 4.75. The van der Waals surface area contributed by atoms with Gasteiger partial charge in [0.1, 0.15) is 17.9 Å². The molecule has 290 valence electrons. The molecule has 6 rings (SSSR count). The first-order chi connectivity index (χ1) is 25.7. The van der Waals surface area contributed by atoms with Crippen LogP contribution in [-0.2, 0) is 19.1 Å². The molecule has 0 saturated carbocycles. The van der Waals surface area contributed by atoms with Crippen molar-refractivity contribution in [2.24, 2.45) is 5.41 Å². The van der Waals surface area contributed by atoms with Crippen LogP contribution >= 0.6 is 11.3 Å². The summed E-state index contributed by atoms with van der Waals surface area (Å²) in [5, 5.41) is 16.7. The highest BCUT2D eigenvalue weighted by atomic mass is 32.1. The lowest BCUT2D eigenvalue weighted by Gasteiger charge is -2.48. The van der Waals surface area contributed by atoms with Crippen LogP contribution in [0.15, 0.2) is 48.1 Å². The first-order valence-electron chi connectivity index (χ1n) is 18.6. The Morgan fingerprint density at radius 3 is 2.28 bits per heavy atom. The van der Waals surface area contributed by atoms with Gasteiger partial charge in [-0.3, -0.25) is 24.2 Å². The van der Waals surface area contributed by atoms with Crippen molar-refractivity contribution < 1.29 is 29.0 Å². The third-order valence-electron chi connectivity index (χ3n) is 10.7. The highest BCUT2D eigenvalue weighted by molar-refractivity contribution is 7.13. The number of aliphatic hydroxyl groups is 1. The minimum absolute atomic E-state index is 0.0199. The molecule has 3 aliphatic heterocycles. The average molecular weight is 761 g/mol. The number of nitrogens with one attached hydrogen (secondary N) is 2. The molecule has 3 aliphatic rings. The zero-order valence-corrected chi connectivity index (χ0v) is 32.8. The standard InChI is InChI=1S/C39H52N8O6S/c1-24(26-7-9-27(10-8-26)34-25(2)41-23-54-34)42-36(50)31-17-30(48)21-47(31)37(51)35(39(3,4)5)43-33(49)22-44-13-15-45(16-14-44)29-19-46(20-29)32-12-11-28(18-40-32)38(52)53-6/h7-12,18,23-24,29-31,35,48H,13-17,19-22H2,1-6H3,(H,42,50)(H,43,49)/t24?,30-,31?,35-/m1/s1. The number of methoxy groups -OCH3 is 1. The van der Waals surface area contributed by atoms with Crippen molar-refractivity contribution in [2.75, 3.05) is 64.4 Å². The van der Waals surface area contributed by atoms with E-state index >= 15 is 0 Å². The van der Waals surface area contributed by atoms with E-state index in [1.54, 1.807) is 17.4 Å². The predicted molar refractivity (Wildman–Crippen MR) is 206 cm³/mol. The second kappa shape index (κ2) is 16.5. The van der Waals surface area contributed by atoms with Crippen LogP contribution < -0.4 is 15.5 Å². The van der Waals surface area contributed by atoms with Crippen molar-refractivity contribution in [2.45, 2.75) is 71.3 Å². The van der Waals surface area contributed by atoms with Gasteiger partial charge in [-0.15, -0.1) is 11.3 Å². The summed E-state index contributed by atoms with van der Waals surface area (Å²) in [6, 6.07) is 9.86. The number of amides is 3. The topological polar surface area (TPSA) is 161 Å². The van der Waals surface area contributed by atoms with Gasteiger partial charge in [0.05, 0.1) is 47.4 Å². The van der Waals surface area contributed by atoms with Gasteiger partial charge in [-0.25, -0.2) is 14.8 Å². The van der Waals surface area contributed by atoms with Crippen LogP contribution in [0.3, 0.4) is 0 Å². The average Bonchev–Trinajstić information content (AvgIpc) is 3.75. The van der Waals surface area contributed by atoms with Gasteiger partial charge in [-0.05, 0) is 42.5 Å². The molecular weight excluding hydrogens is 709 g/mol. The van der Waals surface area contributed by atoms with Crippen LogP contribution in [0.2, 0.25) is 0 Å². The molecule has 3 fully saturated rings. The number of nitrogens with zero attached hydrogens (tertiary/aromatic N) is 6. The smallest absolute Gasteiger partial charge is 0.339 e. The molecule has 1 aromatic carbocycles. The fourth-order valence-electron chi connectivity index (χ4n) is 7.40. The summed E-state index contributed by atoms with van der Waals surface area (Å²) in [7, 11) is 1.35. The normalized spacial score (nSPS) is 20.9. The number of aromatic nitrogens is 2. The summed E-state index contributed by atoms with van der Waals surface area (Å²) in [6.45, 7) is 14.5. The molecule has 0 bridgehead atoms. The molecule has 4 atom stereocenters. The van der Waals surface area contributed by atoms with Gasteiger partial charge >= 0.3 is 5.97 Å². The van der Waals surface area contributed by atoms with E-state index in [0.717, 1.165) is 66.8 Å². The van der Waals surface area contributed by atoms with Crippen LogP contribution in [-0.4, -0.2) is 137 Å². The molecule has 0 aliphatic carbocycles. The Kier molecular flexibility index (Phi) is 12.0. The molecule has 0 radical (unpaired) electrons. The van der Waals surface area contributed by atoms with Crippen LogP contribution in [0.4, 0.5) is 5.82 Å². The van der Waals surface area contributed by atoms with Gasteiger partial charge in [-0.1, -0.05) is 45.0 Å². The van der Waals surface area contributed by atoms with Crippen molar-refractivity contribution in [1.82, 2.24) is 35.3 Å². The zero-order valence-electron chi connectivity index (χ0n) is 31.9. The zero-order chi connectivity index (χ0) is 38.7. The Labute approximate surface area is 320 Å². The summed E-state index contributed by atoms with van der Waals surface area (Å²) in [5.41, 5.74) is 4.56. The summed E-state index contributed by atoms with van der Waals surface area (Å²) in [6.07, 6.45) is 0.814. The van der Waals surface area contributed by atoms with E-state index in [2.05, 4.69) is 35.3 Å². The number of pyridine rings is 1. The number of hydrogen-bond donors (Lipinski definition) is 3. The van der Waals surface area contributed by atoms with E-state index in [4.69, 9.17) is 4.74 Å². The Morgan fingerprint density at radius 2 is 1.69 bits per heavy atom. The SMILES string of the molecule is COC(=O)c1ccc(N2CC(N3CCN(CC(=O)N[C@H](C(=O)N4C[C@H](O)CC4C(=O)NC(C)c4ccc(-c5scnc5C)cc4)C(C)(C)C)CC3)C2)nc1. The number of likely N-dealkylation sites (tertiary alicyclic amines) is 1. The van der Waals surface area contributed by atoms with Gasteiger partial charge in [0.15, 0.2) is 0 Å². The molecule has 2 aromatic heterocycles. The number of anilines is 1. The van der Waals surface area contributed by atoms with Gasteiger partial charge in [0.2, 0.25) is 17.7 Å². The molecule has 3 amide bonds. The summed E-state index contributed by atoms with van der Waals surface area (Å²) in [4.78, 5) is 70.9. The number of carbonyl (C=O) groups is 4. The maximum atomic E-state index is 14.1. The van der Waals surface area contributed by atoms with Gasteiger partial charge in [0, 0.05) is 64.5 Å². The highest BCUT2D eigenvalue weighted by Gasteiger charge is 2.45. The Balaban J connectivity index is 0.990. The molecule has 54 heavy (non-hydrogen) atoms. The molecule has 3 N–H and O–H groups in total. The van der Waals surface area contributed by atoms with Crippen molar-refractivity contribution in [3.63, 3.8) is 0 Å². The van der Waals surface area contributed by atoms with Crippen molar-refractivity contribution in [3.8, 4) is 10.4 Å². The maximum absolute atomic E-state index is 14.1. The minimum Gasteiger partial charge on any atom is -0.465 e. The van der Waals surface area contributed by atoms with E-state index in [1.165, 1.54) is 18.2 Å². The van der Waals surface area contributed by atoms with E-state index < -0.39 is 29.6 Å². The number of β-amino-alcohol motifs (C(OH)–C–C–N with tert-alkyl or cyclic N) is 1. The molecule has 5 heterocycles. The van der Waals surface area contributed by atoms with Crippen molar-refractivity contribution >= 4 is 40.8 Å². The van der Waals surface area contributed by atoms with Crippen molar-refractivity contribution in [3.05, 3.63) is 64.9 Å². The fraction of sp³-hybridized carbons (Fsp3) is 0.538. The molecular formula is C39H52N8O6S. The largest absolute Gasteiger partial charge is 0.465 e. The molecule has 15 heteroatoms. The molecule has 3 aromatic rings. The van der Waals surface area contributed by atoms with E-state index in [1.807, 2.05) is 70.5 Å². The lowest BCUT2D eigenvalue weighted by atomic mass is 9.85. The lowest BCUT2D eigenvalue weighted by molar-refractivity contribution is -0.144. The number of carbonyl (C=O) groups excluding carboxylic acids is 4. The molecule has 14 nitrogen and oxygen atoms in total. The Morgan fingerprint density at radius 1 is 0.981 bits per heavy atom. The monoisotopic (exact) mass is 760 g/mol. The summed E-state index contributed by atoms with van der Waals surface area (Å²) in [5.74, 6) is -0.549. The maximum Gasteiger partial charge on any atom is 0.339 e. The predicted octanol–water partition coefficient (Wildman–Crippen LogP) is 2.48. The number of ether oxygens (including phenoxy) is 1. The Hall–Kier alpha value is -4.44. The van der Waals surface area contributed by atoms with E-state index in [-0.39, 0.29) is 43.3 Å². The molecule has 0 spiro atoms. The molecule has 3 saturated heterocycles. The first-order valence-corrected chi connectivity index (χ1v) is 19.4. The second-order valence-corrected chi connectivity index (χ2v) is 16.5. The number of hydrogen-bond acceptors (Lipinski definition) is 12. The summed E-state index contributed by atoms with van der Waals surface area (Å²) >= 11 is 1.58. The number of aliphatic hydroxyl groups excluding tert-OH is 1. The third-order valence-corrected chi connectivity index (χ3v) is 11.7. The number of thiazole rings is 1. The van der Waals surface area contributed by atoms with Gasteiger partial charge in [-0.2, -0.15) is 0 Å². The lowest BCUT2D eigenvalue weighted by Crippen LogP contribution is -2.64. The van der Waals surface area contributed by atoms with Crippen molar-refractivity contribution in [1.29, 1.82) is 0 Å². The number of piperazine rings is 1. The van der Waals surface area contributed by atoms with Gasteiger partial charge < -0.3 is 30.3 Å². The number of benzene rings is 1. The highest BCUT2D eigenvalue weighted by Crippen LogP contribution is 2.30. The van der Waals surface area contributed by atoms with E-state index in [0.29, 0.717) is 11.6 Å². The van der Waals surface area contributed by atoms with Crippen LogP contribution in [0.25, 0.3) is 10.4 Å². The Bertz CT molecular complexity index is 1800. The number of esters is 1. The fourth-order valence-corrected chi connectivity index (χ4v) is 8.21. The van der Waals surface area contributed by atoms with Gasteiger partial charge in [0.25, 0.3) is 0 Å². The minimum atomic E-state index is -0.886. The van der Waals surface area contributed by atoms with E-state index in [9.17, 15) is 24.3 Å². The third kappa shape index (κ3) is 8.91. The molecule has 2 unspecified atom stereocenters. The van der Waals surface area contributed by atoms with Crippen LogP contribution in [0, 0.1) is 12.3 Å². The first kappa shape index (κ1) is 39.3. The van der Waals surface area contributed by atoms with Crippen LogP contribution in [0.5, 0.6) is 0 Å². The number of aryl methyl sites for hydroxylation is 1. The second-order valence-electron chi connectivity index (χ2n) is 15.6.